The van der Waals surface area contributed by atoms with Gasteiger partial charge in [-0.25, -0.2) is 5.43 Å². The number of hydrogen-bond acceptors (Lipinski definition) is 4. The molecular formula is C19H27Cl2N3O2. The summed E-state index contributed by atoms with van der Waals surface area (Å²) in [5.41, 5.74) is 7.15. The number of amides is 1. The molecule has 2 atom stereocenters. The third-order valence-electron chi connectivity index (χ3n) is 5.49. The van der Waals surface area contributed by atoms with Crippen LogP contribution in [0.3, 0.4) is 0 Å². The molecule has 2 fully saturated rings. The molecule has 3 N–H and O–H groups in total. The van der Waals surface area contributed by atoms with Crippen LogP contribution in [0.25, 0.3) is 0 Å². The van der Waals surface area contributed by atoms with Crippen LogP contribution in [0.4, 0.5) is 0 Å². The van der Waals surface area contributed by atoms with Gasteiger partial charge in [-0.2, -0.15) is 0 Å². The fourth-order valence-corrected chi connectivity index (χ4v) is 4.54. The van der Waals surface area contributed by atoms with E-state index in [4.69, 9.17) is 27.9 Å². The van der Waals surface area contributed by atoms with Crippen LogP contribution in [-0.2, 0) is 14.9 Å². The van der Waals surface area contributed by atoms with Crippen molar-refractivity contribution in [2.75, 3.05) is 19.8 Å². The smallest absolute Gasteiger partial charge is 0.238 e. The van der Waals surface area contributed by atoms with Gasteiger partial charge in [0, 0.05) is 41.3 Å². The number of hydrazine groups is 1. The van der Waals surface area contributed by atoms with Gasteiger partial charge in [0.25, 0.3) is 0 Å². The molecule has 2 aliphatic heterocycles. The van der Waals surface area contributed by atoms with Gasteiger partial charge in [-0.15, -0.1) is 0 Å². The molecule has 0 spiro atoms. The average Bonchev–Trinajstić information content (AvgIpc) is 3.09. The predicted molar refractivity (Wildman–Crippen MR) is 105 cm³/mol. The maximum atomic E-state index is 12.7. The van der Waals surface area contributed by atoms with Crippen LogP contribution >= 0.6 is 23.2 Å². The topological polar surface area (TPSA) is 62.4 Å². The van der Waals surface area contributed by atoms with E-state index in [1.165, 1.54) is 0 Å². The van der Waals surface area contributed by atoms with Crippen molar-refractivity contribution in [2.24, 2.45) is 0 Å². The third-order valence-corrected chi connectivity index (χ3v) is 6.04. The number of ether oxygens (including phenoxy) is 1. The van der Waals surface area contributed by atoms with Crippen molar-refractivity contribution in [3.05, 3.63) is 33.8 Å². The molecule has 7 heteroatoms. The SMILES string of the molecule is CCCC1CC(C(=O)NCC2(c3ccc(Cl)cc3Cl)CCOCC2)NN1. The maximum Gasteiger partial charge on any atom is 0.238 e. The number of halogens is 2. The lowest BCUT2D eigenvalue weighted by Gasteiger charge is -2.38. The van der Waals surface area contributed by atoms with E-state index in [9.17, 15) is 4.79 Å². The Balaban J connectivity index is 1.68. The Hall–Kier alpha value is -0.850. The summed E-state index contributed by atoms with van der Waals surface area (Å²) in [6.45, 7) is 4.03. The molecule has 1 amide bonds. The molecule has 3 rings (SSSR count). The van der Waals surface area contributed by atoms with E-state index < -0.39 is 0 Å². The van der Waals surface area contributed by atoms with E-state index in [1.54, 1.807) is 6.07 Å². The van der Waals surface area contributed by atoms with Crippen LogP contribution in [0.5, 0.6) is 0 Å². The number of rotatable bonds is 6. The average molecular weight is 400 g/mol. The third kappa shape index (κ3) is 4.52. The molecule has 144 valence electrons. The van der Waals surface area contributed by atoms with E-state index in [1.807, 2.05) is 12.1 Å². The van der Waals surface area contributed by atoms with Gasteiger partial charge in [-0.1, -0.05) is 42.6 Å². The highest BCUT2D eigenvalue weighted by Crippen LogP contribution is 2.39. The normalized spacial score (nSPS) is 25.2. The standard InChI is InChI=1S/C19H27Cl2N3O2/c1-2-3-14-11-17(24-23-14)18(25)22-12-19(6-8-26-9-7-19)15-5-4-13(20)10-16(15)21/h4-5,10,14,17,23-24H,2-3,6-9,11-12H2,1H3,(H,22,25). The monoisotopic (exact) mass is 399 g/mol. The number of carbonyl (C=O) groups is 1. The largest absolute Gasteiger partial charge is 0.381 e. The molecule has 0 aromatic heterocycles. The Morgan fingerprint density at radius 1 is 1.31 bits per heavy atom. The summed E-state index contributed by atoms with van der Waals surface area (Å²) >= 11 is 12.5. The van der Waals surface area contributed by atoms with Crippen LogP contribution in [0.15, 0.2) is 18.2 Å². The fourth-order valence-electron chi connectivity index (χ4n) is 3.93. The highest BCUT2D eigenvalue weighted by atomic mass is 35.5. The zero-order valence-corrected chi connectivity index (χ0v) is 16.6. The second-order valence-corrected chi connectivity index (χ2v) is 8.14. The molecule has 1 aromatic rings. The summed E-state index contributed by atoms with van der Waals surface area (Å²) in [5.74, 6) is 0.0343. The Morgan fingerprint density at radius 3 is 2.77 bits per heavy atom. The molecular weight excluding hydrogens is 373 g/mol. The van der Waals surface area contributed by atoms with Crippen LogP contribution in [0.2, 0.25) is 10.0 Å². The van der Waals surface area contributed by atoms with E-state index in [0.29, 0.717) is 35.8 Å². The molecule has 0 aliphatic carbocycles. The molecule has 26 heavy (non-hydrogen) atoms. The van der Waals surface area contributed by atoms with Gasteiger partial charge in [0.2, 0.25) is 5.91 Å². The van der Waals surface area contributed by atoms with Crippen LogP contribution in [0.1, 0.15) is 44.6 Å². The molecule has 2 unspecified atom stereocenters. The first kappa shape index (κ1) is 19.9. The van der Waals surface area contributed by atoms with Gasteiger partial charge in [0.1, 0.15) is 6.04 Å². The van der Waals surface area contributed by atoms with Crippen molar-refractivity contribution in [1.29, 1.82) is 0 Å². The quantitative estimate of drug-likeness (QED) is 0.687. The first-order valence-corrected chi connectivity index (χ1v) is 10.1. The highest BCUT2D eigenvalue weighted by molar-refractivity contribution is 6.35. The van der Waals surface area contributed by atoms with Crippen molar-refractivity contribution in [3.63, 3.8) is 0 Å². The molecule has 1 aromatic carbocycles. The summed E-state index contributed by atoms with van der Waals surface area (Å²) < 4.78 is 5.55. The van der Waals surface area contributed by atoms with Gasteiger partial charge in [0.05, 0.1) is 0 Å². The molecule has 5 nitrogen and oxygen atoms in total. The second kappa shape index (κ2) is 8.89. The summed E-state index contributed by atoms with van der Waals surface area (Å²) in [6.07, 6.45) is 4.63. The van der Waals surface area contributed by atoms with Crippen molar-refractivity contribution >= 4 is 29.1 Å². The summed E-state index contributed by atoms with van der Waals surface area (Å²) in [6, 6.07) is 5.78. The second-order valence-electron chi connectivity index (χ2n) is 7.30. The van der Waals surface area contributed by atoms with E-state index in [0.717, 1.165) is 37.7 Å². The number of carbonyl (C=O) groups excluding carboxylic acids is 1. The van der Waals surface area contributed by atoms with Gasteiger partial charge in [-0.3, -0.25) is 10.2 Å². The number of benzene rings is 1. The van der Waals surface area contributed by atoms with Crippen LogP contribution < -0.4 is 16.2 Å². The molecule has 2 saturated heterocycles. The molecule has 2 aliphatic rings. The molecule has 0 saturated carbocycles. The first-order valence-electron chi connectivity index (χ1n) is 9.36. The predicted octanol–water partition coefficient (Wildman–Crippen LogP) is 3.19. The lowest BCUT2D eigenvalue weighted by atomic mass is 9.74. The molecule has 2 heterocycles. The summed E-state index contributed by atoms with van der Waals surface area (Å²) in [5, 5.41) is 4.42. The minimum absolute atomic E-state index is 0.0343. The van der Waals surface area contributed by atoms with E-state index >= 15 is 0 Å². The van der Waals surface area contributed by atoms with Crippen molar-refractivity contribution in [3.8, 4) is 0 Å². The van der Waals surface area contributed by atoms with E-state index in [2.05, 4.69) is 23.1 Å². The lowest BCUT2D eigenvalue weighted by Crippen LogP contribution is -2.49. The first-order chi connectivity index (χ1) is 12.5. The number of hydrogen-bond donors (Lipinski definition) is 3. The van der Waals surface area contributed by atoms with Gasteiger partial charge >= 0.3 is 0 Å². The van der Waals surface area contributed by atoms with Gasteiger partial charge < -0.3 is 10.1 Å². The Kier molecular flexibility index (Phi) is 6.81. The molecule has 0 bridgehead atoms. The Morgan fingerprint density at radius 2 is 2.08 bits per heavy atom. The van der Waals surface area contributed by atoms with Crippen molar-refractivity contribution < 1.29 is 9.53 Å². The Bertz CT molecular complexity index is 635. The van der Waals surface area contributed by atoms with Crippen LogP contribution in [0, 0.1) is 0 Å². The maximum absolute atomic E-state index is 12.7. The van der Waals surface area contributed by atoms with Gasteiger partial charge in [0.15, 0.2) is 0 Å². The Labute approximate surface area is 165 Å². The van der Waals surface area contributed by atoms with Crippen molar-refractivity contribution in [1.82, 2.24) is 16.2 Å². The minimum Gasteiger partial charge on any atom is -0.381 e. The van der Waals surface area contributed by atoms with Crippen molar-refractivity contribution in [2.45, 2.75) is 56.5 Å². The summed E-state index contributed by atoms with van der Waals surface area (Å²) in [4.78, 5) is 12.7. The highest BCUT2D eigenvalue weighted by Gasteiger charge is 2.37. The minimum atomic E-state index is -0.218. The summed E-state index contributed by atoms with van der Waals surface area (Å²) in [7, 11) is 0. The van der Waals surface area contributed by atoms with Gasteiger partial charge in [-0.05, 0) is 43.4 Å². The van der Waals surface area contributed by atoms with Crippen LogP contribution in [-0.4, -0.2) is 37.7 Å². The zero-order valence-electron chi connectivity index (χ0n) is 15.1. The fraction of sp³-hybridized carbons (Fsp3) is 0.632. The van der Waals surface area contributed by atoms with E-state index in [-0.39, 0.29) is 17.4 Å². The number of nitrogens with one attached hydrogen (secondary N) is 3. The molecule has 0 radical (unpaired) electrons. The zero-order chi connectivity index (χ0) is 18.6. The lowest BCUT2D eigenvalue weighted by molar-refractivity contribution is -0.123.